The zero-order chi connectivity index (χ0) is 17.2. The molecule has 0 spiro atoms. The van der Waals surface area contributed by atoms with Crippen LogP contribution in [0.25, 0.3) is 10.9 Å². The first kappa shape index (κ1) is 16.2. The number of benzene rings is 2. The van der Waals surface area contributed by atoms with Crippen LogP contribution in [0.1, 0.15) is 36.4 Å². The van der Waals surface area contributed by atoms with Gasteiger partial charge in [-0.2, -0.15) is 0 Å². The second-order valence-electron chi connectivity index (χ2n) is 5.71. The van der Waals surface area contributed by atoms with Gasteiger partial charge in [0.25, 0.3) is 0 Å². The normalized spacial score (nSPS) is 13.6. The fourth-order valence-electron chi connectivity index (χ4n) is 2.72. The van der Waals surface area contributed by atoms with E-state index in [0.717, 1.165) is 10.9 Å². The highest BCUT2D eigenvalue weighted by Gasteiger charge is 2.33. The van der Waals surface area contributed by atoms with Gasteiger partial charge in [-0.05, 0) is 31.2 Å². The summed E-state index contributed by atoms with van der Waals surface area (Å²) in [7, 11) is 1.59. The van der Waals surface area contributed by atoms with E-state index in [-0.39, 0.29) is 5.78 Å². The van der Waals surface area contributed by atoms with Crippen LogP contribution in [-0.4, -0.2) is 18.0 Å². The second kappa shape index (κ2) is 6.45. The van der Waals surface area contributed by atoms with Gasteiger partial charge >= 0.3 is 0 Å². The van der Waals surface area contributed by atoms with Crippen LogP contribution in [0, 0.1) is 0 Å². The number of nitrogens with one attached hydrogen (secondary N) is 1. The quantitative estimate of drug-likeness (QED) is 0.539. The van der Waals surface area contributed by atoms with E-state index >= 15 is 0 Å². The number of rotatable bonds is 6. The van der Waals surface area contributed by atoms with Crippen LogP contribution in [0.15, 0.2) is 53.1 Å². The van der Waals surface area contributed by atoms with Gasteiger partial charge in [0.2, 0.25) is 0 Å². The topological polar surface area (TPSA) is 64.4 Å². The number of carbonyl (C=O) groups is 1. The summed E-state index contributed by atoms with van der Waals surface area (Å²) >= 11 is 0. The van der Waals surface area contributed by atoms with E-state index in [1.165, 1.54) is 0 Å². The Balaban J connectivity index is 2.05. The molecule has 5 nitrogen and oxygen atoms in total. The second-order valence-corrected chi connectivity index (χ2v) is 5.71. The van der Waals surface area contributed by atoms with E-state index in [1.807, 2.05) is 62.4 Å². The standard InChI is InChI=1S/C19H20N2O3/c1-4-17(22)13-9-5-7-11-15(13)20-19(2,23-3)18-14-10-6-8-12-16(14)21-24-18/h5-12,20H,4H2,1-3H3. The van der Waals surface area contributed by atoms with Crippen LogP contribution in [0.4, 0.5) is 5.69 Å². The lowest BCUT2D eigenvalue weighted by molar-refractivity contribution is 0.00640. The molecule has 1 unspecified atom stereocenters. The maximum atomic E-state index is 12.2. The average Bonchev–Trinajstić information content (AvgIpc) is 3.06. The molecular weight excluding hydrogens is 304 g/mol. The number of carbonyl (C=O) groups excluding carboxylic acids is 1. The van der Waals surface area contributed by atoms with Crippen LogP contribution < -0.4 is 5.32 Å². The molecular formula is C19H20N2O3. The largest absolute Gasteiger partial charge is 0.355 e. The number of Topliss-reactive ketones (excluding diaryl/α,β-unsaturated/α-hetero) is 1. The Labute approximate surface area is 140 Å². The minimum absolute atomic E-state index is 0.0685. The van der Waals surface area contributed by atoms with Gasteiger partial charge in [-0.25, -0.2) is 0 Å². The van der Waals surface area contributed by atoms with Crippen molar-refractivity contribution in [1.82, 2.24) is 5.16 Å². The third kappa shape index (κ3) is 2.78. The monoisotopic (exact) mass is 324 g/mol. The molecule has 0 aliphatic heterocycles. The maximum absolute atomic E-state index is 12.2. The molecule has 3 aromatic rings. The van der Waals surface area contributed by atoms with Crippen LogP contribution in [0.5, 0.6) is 0 Å². The van der Waals surface area contributed by atoms with Crippen molar-refractivity contribution in [3.05, 3.63) is 59.9 Å². The molecule has 1 heterocycles. The number of para-hydroxylation sites is 1. The van der Waals surface area contributed by atoms with Crippen LogP contribution in [0.2, 0.25) is 0 Å². The third-order valence-corrected chi connectivity index (χ3v) is 4.15. The number of ketones is 1. The van der Waals surface area contributed by atoms with Crippen molar-refractivity contribution < 1.29 is 14.1 Å². The van der Waals surface area contributed by atoms with Crippen LogP contribution >= 0.6 is 0 Å². The minimum atomic E-state index is -0.958. The molecule has 1 N–H and O–H groups in total. The molecule has 124 valence electrons. The van der Waals surface area contributed by atoms with Gasteiger partial charge in [-0.1, -0.05) is 36.3 Å². The maximum Gasteiger partial charge on any atom is 0.198 e. The van der Waals surface area contributed by atoms with Gasteiger partial charge in [0.1, 0.15) is 5.52 Å². The van der Waals surface area contributed by atoms with Gasteiger partial charge in [0, 0.05) is 30.2 Å². The molecule has 1 aromatic heterocycles. The number of aromatic nitrogens is 1. The first-order valence-electron chi connectivity index (χ1n) is 7.89. The molecule has 0 amide bonds. The Morgan fingerprint density at radius 2 is 1.92 bits per heavy atom. The van der Waals surface area contributed by atoms with Crippen molar-refractivity contribution in [1.29, 1.82) is 0 Å². The summed E-state index contributed by atoms with van der Waals surface area (Å²) in [6.07, 6.45) is 0.438. The first-order chi connectivity index (χ1) is 11.6. The lowest BCUT2D eigenvalue weighted by Gasteiger charge is -2.29. The van der Waals surface area contributed by atoms with E-state index in [1.54, 1.807) is 7.11 Å². The Hall–Kier alpha value is -2.66. The van der Waals surface area contributed by atoms with E-state index < -0.39 is 5.72 Å². The van der Waals surface area contributed by atoms with Crippen molar-refractivity contribution in [2.24, 2.45) is 0 Å². The summed E-state index contributed by atoms with van der Waals surface area (Å²) in [6.45, 7) is 3.70. The summed E-state index contributed by atoms with van der Waals surface area (Å²) in [5.41, 5.74) is 1.14. The molecule has 24 heavy (non-hydrogen) atoms. The highest BCUT2D eigenvalue weighted by Crippen LogP contribution is 2.33. The molecule has 2 aromatic carbocycles. The fraction of sp³-hybridized carbons (Fsp3) is 0.263. The fourth-order valence-corrected chi connectivity index (χ4v) is 2.72. The van der Waals surface area contributed by atoms with Crippen molar-refractivity contribution in [2.75, 3.05) is 12.4 Å². The van der Waals surface area contributed by atoms with Crippen molar-refractivity contribution >= 4 is 22.4 Å². The molecule has 5 heteroatoms. The highest BCUT2D eigenvalue weighted by molar-refractivity contribution is 6.01. The molecule has 1 atom stereocenters. The lowest BCUT2D eigenvalue weighted by Crippen LogP contribution is -2.34. The molecule has 0 aliphatic carbocycles. The van der Waals surface area contributed by atoms with E-state index in [4.69, 9.17) is 9.26 Å². The molecule has 0 radical (unpaired) electrons. The summed E-state index contributed by atoms with van der Waals surface area (Å²) in [6, 6.07) is 15.0. The number of nitrogens with zero attached hydrogens (tertiary/aromatic N) is 1. The average molecular weight is 324 g/mol. The van der Waals surface area contributed by atoms with Gasteiger partial charge in [0.05, 0.1) is 0 Å². The number of ether oxygens (including phenoxy) is 1. The Morgan fingerprint density at radius 3 is 2.67 bits per heavy atom. The van der Waals surface area contributed by atoms with Gasteiger partial charge in [0.15, 0.2) is 17.3 Å². The smallest absolute Gasteiger partial charge is 0.198 e. The van der Waals surface area contributed by atoms with Gasteiger partial charge in [-0.15, -0.1) is 0 Å². The minimum Gasteiger partial charge on any atom is -0.355 e. The van der Waals surface area contributed by atoms with E-state index in [2.05, 4.69) is 10.5 Å². The third-order valence-electron chi connectivity index (χ3n) is 4.15. The van der Waals surface area contributed by atoms with E-state index in [0.29, 0.717) is 23.4 Å². The Morgan fingerprint density at radius 1 is 1.21 bits per heavy atom. The SMILES string of the molecule is CCC(=O)c1ccccc1NC(C)(OC)c1onc2ccccc12. The van der Waals surface area contributed by atoms with Gasteiger partial charge < -0.3 is 14.6 Å². The van der Waals surface area contributed by atoms with Crippen molar-refractivity contribution in [3.63, 3.8) is 0 Å². The zero-order valence-corrected chi connectivity index (χ0v) is 14.0. The van der Waals surface area contributed by atoms with E-state index in [9.17, 15) is 4.79 Å². The highest BCUT2D eigenvalue weighted by atomic mass is 16.5. The molecule has 3 rings (SSSR count). The Kier molecular flexibility index (Phi) is 4.36. The molecule has 0 aliphatic rings. The summed E-state index contributed by atoms with van der Waals surface area (Å²) < 4.78 is 11.3. The van der Waals surface area contributed by atoms with Gasteiger partial charge in [-0.3, -0.25) is 4.79 Å². The number of hydrogen-bond donors (Lipinski definition) is 1. The number of anilines is 1. The lowest BCUT2D eigenvalue weighted by atomic mass is 10.0. The number of fused-ring (bicyclic) bond motifs is 1. The predicted molar refractivity (Wildman–Crippen MR) is 93.1 cm³/mol. The molecule has 0 saturated carbocycles. The van der Waals surface area contributed by atoms with Crippen LogP contribution in [-0.2, 0) is 10.5 Å². The number of methoxy groups -OCH3 is 1. The zero-order valence-electron chi connectivity index (χ0n) is 14.0. The van der Waals surface area contributed by atoms with Crippen molar-refractivity contribution in [3.8, 4) is 0 Å². The molecule has 0 fully saturated rings. The molecule has 0 bridgehead atoms. The Bertz CT molecular complexity index is 872. The summed E-state index contributed by atoms with van der Waals surface area (Å²) in [5.74, 6) is 0.637. The number of hydrogen-bond acceptors (Lipinski definition) is 5. The summed E-state index contributed by atoms with van der Waals surface area (Å²) in [4.78, 5) is 12.2. The van der Waals surface area contributed by atoms with Crippen LogP contribution in [0.3, 0.4) is 0 Å². The van der Waals surface area contributed by atoms with Crippen molar-refractivity contribution in [2.45, 2.75) is 26.0 Å². The first-order valence-corrected chi connectivity index (χ1v) is 7.89. The predicted octanol–water partition coefficient (Wildman–Crippen LogP) is 4.35. The summed E-state index contributed by atoms with van der Waals surface area (Å²) in [5, 5.41) is 8.26. The molecule has 0 saturated heterocycles.